The Bertz CT molecular complexity index is 430. The van der Waals surface area contributed by atoms with E-state index in [2.05, 4.69) is 10.2 Å². The summed E-state index contributed by atoms with van der Waals surface area (Å²) in [5, 5.41) is 8.75. The molecule has 0 aliphatic carbocycles. The van der Waals surface area contributed by atoms with Crippen molar-refractivity contribution >= 4 is 17.6 Å². The molecule has 0 aromatic carbocycles. The van der Waals surface area contributed by atoms with Crippen LogP contribution in [0.5, 0.6) is 0 Å². The molecule has 0 spiro atoms. The van der Waals surface area contributed by atoms with Gasteiger partial charge in [0.1, 0.15) is 0 Å². The van der Waals surface area contributed by atoms with Gasteiger partial charge >= 0.3 is 0 Å². The van der Waals surface area contributed by atoms with Crippen LogP contribution < -0.4 is 0 Å². The van der Waals surface area contributed by atoms with E-state index >= 15 is 0 Å². The molecule has 0 saturated carbocycles. The number of aryl methyl sites for hydroxylation is 1. The van der Waals surface area contributed by atoms with Gasteiger partial charge in [-0.15, -0.1) is 11.3 Å². The molecular formula is C9H8N2OS. The summed E-state index contributed by atoms with van der Waals surface area (Å²) in [4.78, 5) is 11.2. The molecule has 2 aromatic heterocycles. The minimum absolute atomic E-state index is 0.746. The molecule has 1 N–H and O–H groups in total. The Morgan fingerprint density at radius 2 is 2.46 bits per heavy atom. The summed E-state index contributed by atoms with van der Waals surface area (Å²) in [6, 6.07) is 1.87. The first-order valence-corrected chi connectivity index (χ1v) is 4.73. The highest BCUT2D eigenvalue weighted by Crippen LogP contribution is 2.25. The van der Waals surface area contributed by atoms with Crippen molar-refractivity contribution in [1.29, 1.82) is 0 Å². The summed E-state index contributed by atoms with van der Waals surface area (Å²) in [6.07, 6.45) is 2.63. The van der Waals surface area contributed by atoms with E-state index in [4.69, 9.17) is 0 Å². The zero-order valence-electron chi connectivity index (χ0n) is 7.07. The SMILES string of the molecule is Cc1[nH]ncc1-c1csc(C=O)c1. The second-order valence-electron chi connectivity index (χ2n) is 2.76. The number of rotatable bonds is 2. The second kappa shape index (κ2) is 3.14. The van der Waals surface area contributed by atoms with Gasteiger partial charge in [0.15, 0.2) is 6.29 Å². The van der Waals surface area contributed by atoms with Crippen molar-refractivity contribution in [2.24, 2.45) is 0 Å². The number of carbonyl (C=O) groups is 1. The maximum Gasteiger partial charge on any atom is 0.160 e. The average molecular weight is 192 g/mol. The van der Waals surface area contributed by atoms with Crippen LogP contribution in [0.25, 0.3) is 11.1 Å². The predicted molar refractivity (Wildman–Crippen MR) is 52.0 cm³/mol. The molecule has 0 bridgehead atoms. The van der Waals surface area contributed by atoms with Crippen LogP contribution in [0.1, 0.15) is 15.4 Å². The highest BCUT2D eigenvalue weighted by Gasteiger charge is 2.05. The number of carbonyl (C=O) groups excluding carboxylic acids is 1. The minimum Gasteiger partial charge on any atom is -0.297 e. The fourth-order valence-electron chi connectivity index (χ4n) is 1.20. The van der Waals surface area contributed by atoms with Gasteiger partial charge < -0.3 is 0 Å². The summed E-state index contributed by atoms with van der Waals surface area (Å²) in [7, 11) is 0. The van der Waals surface area contributed by atoms with Crippen LogP contribution in [0.15, 0.2) is 17.6 Å². The van der Waals surface area contributed by atoms with Gasteiger partial charge in [-0.25, -0.2) is 0 Å². The lowest BCUT2D eigenvalue weighted by Crippen LogP contribution is -1.75. The Kier molecular flexibility index (Phi) is 1.98. The van der Waals surface area contributed by atoms with E-state index in [0.29, 0.717) is 0 Å². The van der Waals surface area contributed by atoms with Crippen LogP contribution in [0.2, 0.25) is 0 Å². The lowest BCUT2D eigenvalue weighted by molar-refractivity contribution is 0.112. The molecule has 0 fully saturated rings. The number of aromatic amines is 1. The van der Waals surface area contributed by atoms with Gasteiger partial charge in [-0.1, -0.05) is 0 Å². The van der Waals surface area contributed by atoms with E-state index in [1.807, 2.05) is 18.4 Å². The van der Waals surface area contributed by atoms with E-state index < -0.39 is 0 Å². The van der Waals surface area contributed by atoms with Gasteiger partial charge in [0, 0.05) is 11.3 Å². The Morgan fingerprint density at radius 1 is 1.62 bits per heavy atom. The van der Waals surface area contributed by atoms with Gasteiger partial charge in [0.05, 0.1) is 11.1 Å². The van der Waals surface area contributed by atoms with Gasteiger partial charge in [-0.2, -0.15) is 5.10 Å². The Morgan fingerprint density at radius 3 is 3.00 bits per heavy atom. The molecular weight excluding hydrogens is 184 g/mol. The van der Waals surface area contributed by atoms with E-state index in [1.54, 1.807) is 6.20 Å². The number of H-pyrrole nitrogens is 1. The van der Waals surface area contributed by atoms with E-state index in [-0.39, 0.29) is 0 Å². The van der Waals surface area contributed by atoms with Crippen LogP contribution >= 0.6 is 11.3 Å². The summed E-state index contributed by atoms with van der Waals surface area (Å²) in [6.45, 7) is 1.96. The first-order chi connectivity index (χ1) is 6.31. The van der Waals surface area contributed by atoms with Crippen LogP contribution in [0.4, 0.5) is 0 Å². The van der Waals surface area contributed by atoms with Crippen molar-refractivity contribution in [2.45, 2.75) is 6.92 Å². The highest BCUT2D eigenvalue weighted by atomic mass is 32.1. The lowest BCUT2D eigenvalue weighted by Gasteiger charge is -1.91. The Balaban J connectivity index is 2.46. The van der Waals surface area contributed by atoms with Gasteiger partial charge in [-0.3, -0.25) is 9.89 Å². The van der Waals surface area contributed by atoms with Crippen LogP contribution in [-0.2, 0) is 0 Å². The van der Waals surface area contributed by atoms with Crippen LogP contribution in [0.3, 0.4) is 0 Å². The van der Waals surface area contributed by atoms with Crippen LogP contribution in [0, 0.1) is 6.92 Å². The first-order valence-electron chi connectivity index (χ1n) is 3.85. The van der Waals surface area contributed by atoms with Crippen LogP contribution in [-0.4, -0.2) is 16.5 Å². The highest BCUT2D eigenvalue weighted by molar-refractivity contribution is 7.12. The Labute approximate surface area is 79.4 Å². The smallest absolute Gasteiger partial charge is 0.160 e. The monoisotopic (exact) mass is 192 g/mol. The van der Waals surface area contributed by atoms with E-state index in [9.17, 15) is 4.79 Å². The zero-order valence-corrected chi connectivity index (χ0v) is 7.89. The van der Waals surface area contributed by atoms with Gasteiger partial charge in [0.25, 0.3) is 0 Å². The standard InChI is InChI=1S/C9H8N2OS/c1-6-9(3-10-11-6)7-2-8(4-12)13-5-7/h2-5H,1H3,(H,10,11). The van der Waals surface area contributed by atoms with Crippen molar-refractivity contribution in [1.82, 2.24) is 10.2 Å². The quantitative estimate of drug-likeness (QED) is 0.742. The molecule has 2 aromatic rings. The molecule has 0 aliphatic heterocycles. The number of nitrogens with zero attached hydrogens (tertiary/aromatic N) is 1. The molecule has 66 valence electrons. The molecule has 0 aliphatic rings. The van der Waals surface area contributed by atoms with E-state index in [1.165, 1.54) is 11.3 Å². The summed E-state index contributed by atoms with van der Waals surface area (Å²) in [5.41, 5.74) is 3.14. The largest absolute Gasteiger partial charge is 0.297 e. The molecule has 0 atom stereocenters. The average Bonchev–Trinajstić information content (AvgIpc) is 2.71. The maximum atomic E-state index is 10.5. The third-order valence-electron chi connectivity index (χ3n) is 1.88. The van der Waals surface area contributed by atoms with E-state index in [0.717, 1.165) is 28.0 Å². The van der Waals surface area contributed by atoms with Gasteiger partial charge in [-0.05, 0) is 23.9 Å². The fraction of sp³-hybridized carbons (Fsp3) is 0.111. The van der Waals surface area contributed by atoms with Gasteiger partial charge in [0.2, 0.25) is 0 Å². The molecule has 13 heavy (non-hydrogen) atoms. The molecule has 0 radical (unpaired) electrons. The van der Waals surface area contributed by atoms with Crippen molar-refractivity contribution in [3.8, 4) is 11.1 Å². The first kappa shape index (κ1) is 8.19. The maximum absolute atomic E-state index is 10.5. The number of aromatic nitrogens is 2. The molecule has 2 rings (SSSR count). The van der Waals surface area contributed by atoms with Crippen molar-refractivity contribution in [3.63, 3.8) is 0 Å². The number of nitrogens with one attached hydrogen (secondary N) is 1. The number of thiophene rings is 1. The third kappa shape index (κ3) is 1.40. The Hall–Kier alpha value is -1.42. The molecule has 2 heterocycles. The zero-order chi connectivity index (χ0) is 9.26. The van der Waals surface area contributed by atoms with Crippen molar-refractivity contribution in [2.75, 3.05) is 0 Å². The lowest BCUT2D eigenvalue weighted by atomic mass is 10.1. The van der Waals surface area contributed by atoms with Crippen molar-refractivity contribution < 1.29 is 4.79 Å². The number of aldehydes is 1. The summed E-state index contributed by atoms with van der Waals surface area (Å²) in [5.74, 6) is 0. The second-order valence-corrected chi connectivity index (χ2v) is 3.71. The third-order valence-corrected chi connectivity index (χ3v) is 2.73. The number of hydrogen-bond acceptors (Lipinski definition) is 3. The predicted octanol–water partition coefficient (Wildman–Crippen LogP) is 2.26. The normalized spacial score (nSPS) is 10.2. The molecule has 3 nitrogen and oxygen atoms in total. The van der Waals surface area contributed by atoms with Crippen molar-refractivity contribution in [3.05, 3.63) is 28.2 Å². The fourth-order valence-corrected chi connectivity index (χ4v) is 1.91. The number of hydrogen-bond donors (Lipinski definition) is 1. The molecule has 0 amide bonds. The topological polar surface area (TPSA) is 45.8 Å². The molecule has 4 heteroatoms. The minimum atomic E-state index is 0.746. The molecule has 0 saturated heterocycles. The molecule has 0 unspecified atom stereocenters. The summed E-state index contributed by atoms with van der Waals surface area (Å²) < 4.78 is 0. The summed E-state index contributed by atoms with van der Waals surface area (Å²) >= 11 is 1.45.